The number of likely N-dealkylation sites (tertiary alicyclic amines) is 1. The molecule has 14 heavy (non-hydrogen) atoms. The van der Waals surface area contributed by atoms with E-state index in [0.29, 0.717) is 6.04 Å². The molecule has 1 aliphatic rings. The number of likely N-dealkylation sites (N-methyl/N-ethyl adjacent to an activating group) is 1. The number of hydrogen-bond donors (Lipinski definition) is 2. The fourth-order valence-electron chi connectivity index (χ4n) is 1.86. The molecule has 0 aromatic carbocycles. The van der Waals surface area contributed by atoms with Gasteiger partial charge in [-0.1, -0.05) is 0 Å². The van der Waals surface area contributed by atoms with Crippen molar-refractivity contribution >= 4 is 0 Å². The SMILES string of the molecule is CC(NC1CCCN(C)C1)C(C)(C)O. The molecule has 2 N–H and O–H groups in total. The first kappa shape index (κ1) is 12.0. The quantitative estimate of drug-likeness (QED) is 0.708. The summed E-state index contributed by atoms with van der Waals surface area (Å²) in [5.74, 6) is 0. The van der Waals surface area contributed by atoms with Crippen molar-refractivity contribution in [2.24, 2.45) is 0 Å². The minimum atomic E-state index is -0.629. The van der Waals surface area contributed by atoms with Crippen LogP contribution >= 0.6 is 0 Å². The van der Waals surface area contributed by atoms with E-state index in [4.69, 9.17) is 0 Å². The van der Waals surface area contributed by atoms with Gasteiger partial charge in [0.15, 0.2) is 0 Å². The van der Waals surface area contributed by atoms with Crippen molar-refractivity contribution in [1.29, 1.82) is 0 Å². The van der Waals surface area contributed by atoms with E-state index in [0.717, 1.165) is 6.54 Å². The predicted molar refractivity (Wildman–Crippen MR) is 59.4 cm³/mol. The van der Waals surface area contributed by atoms with Crippen LogP contribution in [-0.4, -0.2) is 47.8 Å². The Labute approximate surface area is 87.5 Å². The molecule has 1 rings (SSSR count). The highest BCUT2D eigenvalue weighted by Crippen LogP contribution is 2.13. The Morgan fingerprint density at radius 1 is 1.50 bits per heavy atom. The van der Waals surface area contributed by atoms with E-state index in [1.165, 1.54) is 19.4 Å². The number of piperidine rings is 1. The third-order valence-corrected chi connectivity index (χ3v) is 3.17. The second kappa shape index (κ2) is 4.60. The molecule has 0 aromatic rings. The summed E-state index contributed by atoms with van der Waals surface area (Å²) in [5, 5.41) is 13.3. The number of rotatable bonds is 3. The minimum absolute atomic E-state index is 0.152. The van der Waals surface area contributed by atoms with Crippen LogP contribution in [0.3, 0.4) is 0 Å². The summed E-state index contributed by atoms with van der Waals surface area (Å²) in [7, 11) is 2.16. The Morgan fingerprint density at radius 3 is 2.64 bits per heavy atom. The molecule has 2 atom stereocenters. The molecule has 84 valence electrons. The van der Waals surface area contributed by atoms with Crippen LogP contribution in [-0.2, 0) is 0 Å². The van der Waals surface area contributed by atoms with Crippen LogP contribution in [0.25, 0.3) is 0 Å². The first-order valence-corrected chi connectivity index (χ1v) is 5.56. The molecule has 1 saturated heterocycles. The lowest BCUT2D eigenvalue weighted by Crippen LogP contribution is -2.53. The highest BCUT2D eigenvalue weighted by atomic mass is 16.3. The molecule has 0 spiro atoms. The molecule has 1 aliphatic heterocycles. The summed E-state index contributed by atoms with van der Waals surface area (Å²) in [5.41, 5.74) is -0.629. The fourth-order valence-corrected chi connectivity index (χ4v) is 1.86. The summed E-state index contributed by atoms with van der Waals surface area (Å²) < 4.78 is 0. The summed E-state index contributed by atoms with van der Waals surface area (Å²) in [6.45, 7) is 8.07. The van der Waals surface area contributed by atoms with Crippen molar-refractivity contribution < 1.29 is 5.11 Å². The Balaban J connectivity index is 2.36. The number of hydrogen-bond acceptors (Lipinski definition) is 3. The van der Waals surface area contributed by atoms with Gasteiger partial charge in [-0.15, -0.1) is 0 Å². The van der Waals surface area contributed by atoms with Crippen molar-refractivity contribution in [1.82, 2.24) is 10.2 Å². The Kier molecular flexibility index (Phi) is 3.93. The highest BCUT2D eigenvalue weighted by molar-refractivity contribution is 4.85. The maximum atomic E-state index is 9.81. The number of aliphatic hydroxyl groups is 1. The van der Waals surface area contributed by atoms with Crippen molar-refractivity contribution in [3.8, 4) is 0 Å². The van der Waals surface area contributed by atoms with E-state index in [-0.39, 0.29) is 6.04 Å². The molecule has 0 bridgehead atoms. The van der Waals surface area contributed by atoms with E-state index in [2.05, 4.69) is 24.2 Å². The lowest BCUT2D eigenvalue weighted by Gasteiger charge is -2.36. The van der Waals surface area contributed by atoms with Crippen LogP contribution in [0.4, 0.5) is 0 Å². The standard InChI is InChI=1S/C11H24N2O/c1-9(11(2,3)14)12-10-6-5-7-13(4)8-10/h9-10,12,14H,5-8H2,1-4H3. The van der Waals surface area contributed by atoms with Crippen molar-refractivity contribution in [2.45, 2.75) is 51.3 Å². The maximum absolute atomic E-state index is 9.81. The first-order chi connectivity index (χ1) is 6.39. The van der Waals surface area contributed by atoms with Crippen molar-refractivity contribution in [3.05, 3.63) is 0 Å². The van der Waals surface area contributed by atoms with E-state index in [9.17, 15) is 5.11 Å². The van der Waals surface area contributed by atoms with Crippen LogP contribution in [0, 0.1) is 0 Å². The molecular formula is C11H24N2O. The molecule has 0 amide bonds. The van der Waals surface area contributed by atoms with Gasteiger partial charge in [0.2, 0.25) is 0 Å². The second-order valence-electron chi connectivity index (χ2n) is 5.14. The van der Waals surface area contributed by atoms with Crippen LogP contribution in [0.15, 0.2) is 0 Å². The van der Waals surface area contributed by atoms with Crippen LogP contribution in [0.1, 0.15) is 33.6 Å². The van der Waals surface area contributed by atoms with Crippen LogP contribution in [0.5, 0.6) is 0 Å². The third-order valence-electron chi connectivity index (χ3n) is 3.17. The molecule has 1 fully saturated rings. The monoisotopic (exact) mass is 200 g/mol. The Morgan fingerprint density at radius 2 is 2.14 bits per heavy atom. The van der Waals surface area contributed by atoms with Gasteiger partial charge >= 0.3 is 0 Å². The lowest BCUT2D eigenvalue weighted by atomic mass is 9.98. The topological polar surface area (TPSA) is 35.5 Å². The van der Waals surface area contributed by atoms with Gasteiger partial charge in [0, 0.05) is 18.6 Å². The largest absolute Gasteiger partial charge is 0.389 e. The molecular weight excluding hydrogens is 176 g/mol. The lowest BCUT2D eigenvalue weighted by molar-refractivity contribution is 0.0352. The zero-order valence-corrected chi connectivity index (χ0v) is 9.88. The van der Waals surface area contributed by atoms with E-state index in [1.807, 2.05) is 13.8 Å². The average molecular weight is 200 g/mol. The normalized spacial score (nSPS) is 27.6. The highest BCUT2D eigenvalue weighted by Gasteiger charge is 2.26. The van der Waals surface area contributed by atoms with Crippen LogP contribution < -0.4 is 5.32 Å². The van der Waals surface area contributed by atoms with Gasteiger partial charge in [-0.05, 0) is 47.2 Å². The molecule has 1 heterocycles. The minimum Gasteiger partial charge on any atom is -0.389 e. The van der Waals surface area contributed by atoms with Gasteiger partial charge in [-0.25, -0.2) is 0 Å². The van der Waals surface area contributed by atoms with Gasteiger partial charge in [0.25, 0.3) is 0 Å². The van der Waals surface area contributed by atoms with Gasteiger partial charge in [-0.3, -0.25) is 0 Å². The number of nitrogens with zero attached hydrogens (tertiary/aromatic N) is 1. The fraction of sp³-hybridized carbons (Fsp3) is 1.00. The van der Waals surface area contributed by atoms with E-state index < -0.39 is 5.60 Å². The van der Waals surface area contributed by atoms with Gasteiger partial charge in [-0.2, -0.15) is 0 Å². The summed E-state index contributed by atoms with van der Waals surface area (Å²) in [6, 6.07) is 0.689. The van der Waals surface area contributed by atoms with Crippen LogP contribution in [0.2, 0.25) is 0 Å². The average Bonchev–Trinajstić information content (AvgIpc) is 2.02. The van der Waals surface area contributed by atoms with Gasteiger partial charge < -0.3 is 15.3 Å². The van der Waals surface area contributed by atoms with E-state index in [1.54, 1.807) is 0 Å². The van der Waals surface area contributed by atoms with Crippen molar-refractivity contribution in [2.75, 3.05) is 20.1 Å². The summed E-state index contributed by atoms with van der Waals surface area (Å²) in [4.78, 5) is 2.35. The summed E-state index contributed by atoms with van der Waals surface area (Å²) >= 11 is 0. The molecule has 0 saturated carbocycles. The molecule has 0 aromatic heterocycles. The molecule has 3 nitrogen and oxygen atoms in total. The molecule has 3 heteroatoms. The summed E-state index contributed by atoms with van der Waals surface area (Å²) in [6.07, 6.45) is 2.48. The predicted octanol–water partition coefficient (Wildman–Crippen LogP) is 0.830. The first-order valence-electron chi connectivity index (χ1n) is 5.56. The zero-order chi connectivity index (χ0) is 10.8. The number of nitrogens with one attached hydrogen (secondary N) is 1. The van der Waals surface area contributed by atoms with E-state index >= 15 is 0 Å². The molecule has 0 radical (unpaired) electrons. The third kappa shape index (κ3) is 3.56. The van der Waals surface area contributed by atoms with Crippen molar-refractivity contribution in [3.63, 3.8) is 0 Å². The second-order valence-corrected chi connectivity index (χ2v) is 5.14. The zero-order valence-electron chi connectivity index (χ0n) is 9.88. The van der Waals surface area contributed by atoms with Gasteiger partial charge in [0.05, 0.1) is 5.60 Å². The molecule has 0 aliphatic carbocycles. The molecule has 2 unspecified atom stereocenters. The Hall–Kier alpha value is -0.120. The Bertz CT molecular complexity index is 177. The van der Waals surface area contributed by atoms with Gasteiger partial charge in [0.1, 0.15) is 0 Å². The maximum Gasteiger partial charge on any atom is 0.0741 e. The smallest absolute Gasteiger partial charge is 0.0741 e.